The molecule has 0 radical (unpaired) electrons. The molecule has 7 heteroatoms. The van der Waals surface area contributed by atoms with Gasteiger partial charge in [-0.15, -0.1) is 12.4 Å². The molecule has 2 N–H and O–H groups in total. The molecule has 0 saturated carbocycles. The smallest absolute Gasteiger partial charge is 0.267 e. The van der Waals surface area contributed by atoms with Gasteiger partial charge >= 0.3 is 0 Å². The van der Waals surface area contributed by atoms with Crippen LogP contribution in [0.4, 0.5) is 11.4 Å². The minimum atomic E-state index is -0.454. The van der Waals surface area contributed by atoms with E-state index < -0.39 is 5.91 Å². The minimum Gasteiger partial charge on any atom is -0.508 e. The van der Waals surface area contributed by atoms with E-state index in [9.17, 15) is 15.2 Å². The Morgan fingerprint density at radius 1 is 1.10 bits per heavy atom. The van der Waals surface area contributed by atoms with Gasteiger partial charge in [0.25, 0.3) is 5.91 Å². The van der Waals surface area contributed by atoms with Gasteiger partial charge in [0, 0.05) is 43.8 Å². The lowest BCUT2D eigenvalue weighted by Crippen LogP contribution is -2.44. The maximum absolute atomic E-state index is 12.4. The number of nitrogens with zero attached hydrogens (tertiary/aromatic N) is 3. The van der Waals surface area contributed by atoms with Crippen molar-refractivity contribution in [3.8, 4) is 11.8 Å². The number of phenolic OH excluding ortho intramolecular Hbond substituents is 1. The fraction of sp³-hybridized carbons (Fsp3) is 0.273. The van der Waals surface area contributed by atoms with Crippen molar-refractivity contribution < 1.29 is 9.90 Å². The molecule has 0 atom stereocenters. The van der Waals surface area contributed by atoms with Gasteiger partial charge in [0.05, 0.1) is 0 Å². The number of carbonyl (C=O) groups is 1. The van der Waals surface area contributed by atoms with Crippen molar-refractivity contribution in [2.75, 3.05) is 36.4 Å². The van der Waals surface area contributed by atoms with Gasteiger partial charge in [0.1, 0.15) is 17.4 Å². The number of carbonyl (C=O) groups excluding carboxylic acids is 1. The number of halogens is 1. The molecule has 29 heavy (non-hydrogen) atoms. The first-order valence-electron chi connectivity index (χ1n) is 9.25. The zero-order valence-corrected chi connectivity index (χ0v) is 17.4. The van der Waals surface area contributed by atoms with Crippen LogP contribution >= 0.6 is 12.4 Å². The average Bonchev–Trinajstić information content (AvgIpc) is 2.70. The van der Waals surface area contributed by atoms with Crippen LogP contribution < -0.4 is 10.2 Å². The molecule has 0 aromatic heterocycles. The first-order chi connectivity index (χ1) is 13.5. The monoisotopic (exact) mass is 412 g/mol. The molecule has 1 saturated heterocycles. The van der Waals surface area contributed by atoms with Crippen molar-refractivity contribution >= 4 is 29.7 Å². The van der Waals surface area contributed by atoms with Gasteiger partial charge in [-0.1, -0.05) is 12.1 Å². The number of anilines is 2. The van der Waals surface area contributed by atoms with Crippen LogP contribution in [-0.4, -0.2) is 42.1 Å². The highest BCUT2D eigenvalue weighted by molar-refractivity contribution is 6.06. The minimum absolute atomic E-state index is 0. The van der Waals surface area contributed by atoms with E-state index in [-0.39, 0.29) is 23.7 Å². The Bertz CT molecular complexity index is 927. The Balaban J connectivity index is 0.00000300. The summed E-state index contributed by atoms with van der Waals surface area (Å²) in [5, 5.41) is 21.4. The van der Waals surface area contributed by atoms with E-state index in [4.69, 9.17) is 0 Å². The molecule has 1 aliphatic rings. The molecule has 2 aromatic rings. The normalized spacial score (nSPS) is 14.0. The third-order valence-corrected chi connectivity index (χ3v) is 5.03. The van der Waals surface area contributed by atoms with Crippen LogP contribution in [0.15, 0.2) is 54.2 Å². The molecule has 1 fully saturated rings. The van der Waals surface area contributed by atoms with Crippen molar-refractivity contribution in [3.05, 3.63) is 65.4 Å². The van der Waals surface area contributed by atoms with Crippen LogP contribution in [0.3, 0.4) is 0 Å². The third-order valence-electron chi connectivity index (χ3n) is 5.03. The van der Waals surface area contributed by atoms with Crippen LogP contribution in [0.5, 0.6) is 5.75 Å². The maximum atomic E-state index is 12.4. The summed E-state index contributed by atoms with van der Waals surface area (Å²) in [4.78, 5) is 16.7. The highest BCUT2D eigenvalue weighted by atomic mass is 35.5. The Kier molecular flexibility index (Phi) is 7.52. The van der Waals surface area contributed by atoms with Gasteiger partial charge in [-0.2, -0.15) is 5.26 Å². The zero-order chi connectivity index (χ0) is 20.1. The summed E-state index contributed by atoms with van der Waals surface area (Å²) in [6.07, 6.45) is 1.64. The van der Waals surface area contributed by atoms with Gasteiger partial charge in [-0.25, -0.2) is 0 Å². The lowest BCUT2D eigenvalue weighted by atomic mass is 10.1. The molecule has 1 heterocycles. The summed E-state index contributed by atoms with van der Waals surface area (Å²) in [7, 11) is 0. The molecule has 0 unspecified atom stereocenters. The molecular weight excluding hydrogens is 388 g/mol. The number of rotatable bonds is 4. The SMILES string of the molecule is Cc1cccc(N2CCN(/C=C(/C#N)C(=O)Nc3ccc(O)cc3)CC2)c1C.Cl. The molecule has 0 spiro atoms. The first kappa shape index (κ1) is 22.1. The van der Waals surface area contributed by atoms with Crippen molar-refractivity contribution in [2.24, 2.45) is 0 Å². The summed E-state index contributed by atoms with van der Waals surface area (Å²) in [6.45, 7) is 7.40. The first-order valence-corrected chi connectivity index (χ1v) is 9.25. The van der Waals surface area contributed by atoms with Gasteiger partial charge < -0.3 is 20.2 Å². The number of piperazine rings is 1. The number of hydrogen-bond acceptors (Lipinski definition) is 5. The number of hydrogen-bond donors (Lipinski definition) is 2. The van der Waals surface area contributed by atoms with Crippen molar-refractivity contribution in [2.45, 2.75) is 13.8 Å². The predicted molar refractivity (Wildman–Crippen MR) is 117 cm³/mol. The van der Waals surface area contributed by atoms with E-state index in [2.05, 4.69) is 42.3 Å². The van der Waals surface area contributed by atoms with Crippen LogP contribution in [0.1, 0.15) is 11.1 Å². The second-order valence-electron chi connectivity index (χ2n) is 6.90. The van der Waals surface area contributed by atoms with Crippen LogP contribution in [0.25, 0.3) is 0 Å². The summed E-state index contributed by atoms with van der Waals surface area (Å²) in [5.74, 6) is -0.332. The number of nitrogens with one attached hydrogen (secondary N) is 1. The fourth-order valence-electron chi connectivity index (χ4n) is 3.23. The highest BCUT2D eigenvalue weighted by Gasteiger charge is 2.19. The van der Waals surface area contributed by atoms with E-state index in [0.717, 1.165) is 26.2 Å². The number of nitriles is 1. The quantitative estimate of drug-likeness (QED) is 0.455. The zero-order valence-electron chi connectivity index (χ0n) is 16.6. The van der Waals surface area contributed by atoms with Gasteiger partial charge in [-0.05, 0) is 55.3 Å². The number of phenols is 1. The molecule has 2 aromatic carbocycles. The maximum Gasteiger partial charge on any atom is 0.267 e. The van der Waals surface area contributed by atoms with Gasteiger partial charge in [-0.3, -0.25) is 4.79 Å². The molecule has 6 nitrogen and oxygen atoms in total. The third kappa shape index (κ3) is 5.43. The summed E-state index contributed by atoms with van der Waals surface area (Å²) < 4.78 is 0. The number of benzene rings is 2. The van der Waals surface area contributed by atoms with Crippen LogP contribution in [0, 0.1) is 25.2 Å². The van der Waals surface area contributed by atoms with Gasteiger partial charge in [0.15, 0.2) is 0 Å². The molecule has 3 rings (SSSR count). The second-order valence-corrected chi connectivity index (χ2v) is 6.90. The lowest BCUT2D eigenvalue weighted by Gasteiger charge is -2.36. The Morgan fingerprint density at radius 3 is 2.38 bits per heavy atom. The van der Waals surface area contributed by atoms with Crippen LogP contribution in [-0.2, 0) is 4.79 Å². The number of aryl methyl sites for hydroxylation is 1. The predicted octanol–water partition coefficient (Wildman–Crippen LogP) is 3.60. The average molecular weight is 413 g/mol. The van der Waals surface area contributed by atoms with E-state index in [1.54, 1.807) is 18.3 Å². The Hall–Kier alpha value is -3.17. The van der Waals surface area contributed by atoms with E-state index in [1.165, 1.54) is 28.9 Å². The van der Waals surface area contributed by atoms with E-state index in [0.29, 0.717) is 5.69 Å². The molecule has 1 amide bonds. The molecule has 1 aliphatic heterocycles. The summed E-state index contributed by atoms with van der Waals surface area (Å²) in [5.41, 5.74) is 4.40. The lowest BCUT2D eigenvalue weighted by molar-refractivity contribution is -0.112. The highest BCUT2D eigenvalue weighted by Crippen LogP contribution is 2.24. The van der Waals surface area contributed by atoms with Crippen molar-refractivity contribution in [3.63, 3.8) is 0 Å². The Morgan fingerprint density at radius 2 is 1.76 bits per heavy atom. The second kappa shape index (κ2) is 9.85. The van der Waals surface area contributed by atoms with Crippen molar-refractivity contribution in [1.29, 1.82) is 5.26 Å². The summed E-state index contributed by atoms with van der Waals surface area (Å²) >= 11 is 0. The summed E-state index contributed by atoms with van der Waals surface area (Å²) in [6, 6.07) is 14.5. The van der Waals surface area contributed by atoms with Gasteiger partial charge in [0.2, 0.25) is 0 Å². The van der Waals surface area contributed by atoms with E-state index in [1.807, 2.05) is 11.0 Å². The fourth-order valence-corrected chi connectivity index (χ4v) is 3.23. The van der Waals surface area contributed by atoms with E-state index >= 15 is 0 Å². The largest absolute Gasteiger partial charge is 0.508 e. The molecule has 0 bridgehead atoms. The topological polar surface area (TPSA) is 79.6 Å². The molecule has 0 aliphatic carbocycles. The van der Waals surface area contributed by atoms with Crippen LogP contribution in [0.2, 0.25) is 0 Å². The number of aromatic hydroxyl groups is 1. The Labute approximate surface area is 177 Å². The standard InChI is InChI=1S/C22H24N4O2.ClH/c1-16-4-3-5-21(17(16)2)26-12-10-25(11-13-26)15-18(14-23)22(28)24-19-6-8-20(27)9-7-19;/h3-9,15,27H,10-13H2,1-2H3,(H,24,28);1H/b18-15-;. The molecule has 152 valence electrons. The molecular formula is C22H25ClN4O2. The van der Waals surface area contributed by atoms with Crippen molar-refractivity contribution in [1.82, 2.24) is 4.90 Å². The number of amides is 1.